The van der Waals surface area contributed by atoms with Crippen LogP contribution in [0.2, 0.25) is 0 Å². The molecule has 21 heavy (non-hydrogen) atoms. The van der Waals surface area contributed by atoms with Gasteiger partial charge in [-0.05, 0) is 37.1 Å². The molecule has 0 aromatic heterocycles. The first-order valence-corrected chi connectivity index (χ1v) is 7.43. The van der Waals surface area contributed by atoms with E-state index in [1.165, 1.54) is 11.8 Å². The van der Waals surface area contributed by atoms with Gasteiger partial charge in [0, 0.05) is 11.0 Å². The van der Waals surface area contributed by atoms with Gasteiger partial charge in [-0.3, -0.25) is 4.79 Å². The second-order valence-electron chi connectivity index (χ2n) is 5.04. The molecule has 1 amide bonds. The minimum atomic E-state index is -0.638. The highest BCUT2D eigenvalue weighted by Crippen LogP contribution is 2.38. The van der Waals surface area contributed by atoms with E-state index in [0.29, 0.717) is 6.42 Å². The van der Waals surface area contributed by atoms with Crippen LogP contribution >= 0.6 is 11.8 Å². The monoisotopic (exact) mass is 305 g/mol. The van der Waals surface area contributed by atoms with Crippen molar-refractivity contribution in [2.45, 2.75) is 23.5 Å². The van der Waals surface area contributed by atoms with Crippen LogP contribution in [0.4, 0.5) is 14.5 Å². The van der Waals surface area contributed by atoms with E-state index in [-0.39, 0.29) is 16.8 Å². The molecule has 2 nitrogen and oxygen atoms in total. The van der Waals surface area contributed by atoms with Crippen LogP contribution in [0, 0.1) is 18.6 Å². The van der Waals surface area contributed by atoms with E-state index in [9.17, 15) is 13.6 Å². The fraction of sp³-hybridized carbons (Fsp3) is 0.188. The van der Waals surface area contributed by atoms with E-state index in [0.717, 1.165) is 34.2 Å². The summed E-state index contributed by atoms with van der Waals surface area (Å²) < 4.78 is 26.7. The summed E-state index contributed by atoms with van der Waals surface area (Å²) in [5.74, 6) is -1.52. The number of amides is 1. The van der Waals surface area contributed by atoms with E-state index in [1.807, 2.05) is 25.1 Å². The molecule has 5 heteroatoms. The Morgan fingerprint density at radius 1 is 1.24 bits per heavy atom. The maximum Gasteiger partial charge on any atom is 0.238 e. The van der Waals surface area contributed by atoms with Crippen LogP contribution in [0.25, 0.3) is 0 Å². The third kappa shape index (κ3) is 2.93. The Hall–Kier alpha value is -1.88. The van der Waals surface area contributed by atoms with Gasteiger partial charge < -0.3 is 5.32 Å². The molecule has 0 radical (unpaired) electrons. The summed E-state index contributed by atoms with van der Waals surface area (Å²) in [6.07, 6.45) is 0.600. The first-order chi connectivity index (χ1) is 10.0. The summed E-state index contributed by atoms with van der Waals surface area (Å²) >= 11 is 1.46. The number of rotatable bonds is 2. The van der Waals surface area contributed by atoms with Gasteiger partial charge in [0.1, 0.15) is 11.6 Å². The minimum Gasteiger partial charge on any atom is -0.323 e. The van der Waals surface area contributed by atoms with Crippen molar-refractivity contribution >= 4 is 23.4 Å². The van der Waals surface area contributed by atoms with Gasteiger partial charge in [0.25, 0.3) is 0 Å². The molecule has 3 rings (SSSR count). The van der Waals surface area contributed by atoms with Crippen LogP contribution in [0.3, 0.4) is 0 Å². The molecule has 1 heterocycles. The molecule has 2 aromatic carbocycles. The van der Waals surface area contributed by atoms with Gasteiger partial charge in [-0.25, -0.2) is 8.78 Å². The van der Waals surface area contributed by atoms with E-state index < -0.39 is 11.6 Å². The number of halogens is 2. The molecule has 1 aliphatic heterocycles. The Bertz CT molecular complexity index is 717. The van der Waals surface area contributed by atoms with E-state index in [2.05, 4.69) is 5.32 Å². The number of carbonyl (C=O) groups excluding carboxylic acids is 1. The van der Waals surface area contributed by atoms with Crippen molar-refractivity contribution in [2.75, 3.05) is 5.32 Å². The third-order valence-corrected chi connectivity index (χ3v) is 4.68. The van der Waals surface area contributed by atoms with Crippen molar-refractivity contribution in [3.63, 3.8) is 0 Å². The Balaban J connectivity index is 1.74. The Labute approximate surface area is 125 Å². The third-order valence-electron chi connectivity index (χ3n) is 3.38. The molecule has 2 aromatic rings. The standard InChI is InChI=1S/C16H13F2NOS/c1-9-2-3-10-7-15(21-14(10)6-9)16(20)19-13-8-11(17)4-5-12(13)18/h2-6,8,15H,7H2,1H3,(H,19,20)/t15-/m0/s1. The first-order valence-electron chi connectivity index (χ1n) is 6.55. The number of anilines is 1. The van der Waals surface area contributed by atoms with Gasteiger partial charge >= 0.3 is 0 Å². The summed E-state index contributed by atoms with van der Waals surface area (Å²) in [4.78, 5) is 13.3. The average molecular weight is 305 g/mol. The summed E-state index contributed by atoms with van der Waals surface area (Å²) in [7, 11) is 0. The number of thioether (sulfide) groups is 1. The van der Waals surface area contributed by atoms with Gasteiger partial charge in [-0.2, -0.15) is 0 Å². The van der Waals surface area contributed by atoms with Crippen molar-refractivity contribution in [3.8, 4) is 0 Å². The summed E-state index contributed by atoms with van der Waals surface area (Å²) in [5.41, 5.74) is 2.14. The zero-order valence-electron chi connectivity index (χ0n) is 11.3. The number of nitrogens with one attached hydrogen (secondary N) is 1. The van der Waals surface area contributed by atoms with Crippen LogP contribution in [-0.2, 0) is 11.2 Å². The predicted octanol–water partition coefficient (Wildman–Crippen LogP) is 3.93. The molecule has 1 aliphatic rings. The van der Waals surface area contributed by atoms with E-state index >= 15 is 0 Å². The smallest absolute Gasteiger partial charge is 0.238 e. The largest absolute Gasteiger partial charge is 0.323 e. The lowest BCUT2D eigenvalue weighted by Crippen LogP contribution is -2.25. The van der Waals surface area contributed by atoms with Crippen molar-refractivity contribution in [1.29, 1.82) is 0 Å². The fourth-order valence-electron chi connectivity index (χ4n) is 2.29. The zero-order valence-corrected chi connectivity index (χ0v) is 12.1. The number of fused-ring (bicyclic) bond motifs is 1. The zero-order chi connectivity index (χ0) is 15.0. The molecule has 0 saturated heterocycles. The second-order valence-corrected chi connectivity index (χ2v) is 6.28. The minimum absolute atomic E-state index is 0.118. The lowest BCUT2D eigenvalue weighted by Gasteiger charge is -2.10. The molecule has 0 saturated carbocycles. The van der Waals surface area contributed by atoms with Crippen LogP contribution in [0.15, 0.2) is 41.3 Å². The molecule has 0 fully saturated rings. The summed E-state index contributed by atoms with van der Waals surface area (Å²) in [5, 5.41) is 2.15. The average Bonchev–Trinajstić information content (AvgIpc) is 2.86. The van der Waals surface area contributed by atoms with Crippen molar-refractivity contribution < 1.29 is 13.6 Å². The van der Waals surface area contributed by atoms with Gasteiger partial charge in [0.2, 0.25) is 5.91 Å². The molecular formula is C16H13F2NOS. The number of carbonyl (C=O) groups is 1. The van der Waals surface area contributed by atoms with Crippen molar-refractivity contribution in [2.24, 2.45) is 0 Å². The maximum atomic E-state index is 13.5. The van der Waals surface area contributed by atoms with Gasteiger partial charge in [0.05, 0.1) is 10.9 Å². The first kappa shape index (κ1) is 14.1. The SMILES string of the molecule is Cc1ccc2c(c1)S[C@H](C(=O)Nc1cc(F)ccc1F)C2. The van der Waals surface area contributed by atoms with Gasteiger partial charge in [0.15, 0.2) is 0 Å². The van der Waals surface area contributed by atoms with Crippen LogP contribution < -0.4 is 5.32 Å². The van der Waals surface area contributed by atoms with E-state index in [1.54, 1.807) is 0 Å². The van der Waals surface area contributed by atoms with E-state index in [4.69, 9.17) is 0 Å². The highest BCUT2D eigenvalue weighted by molar-refractivity contribution is 8.01. The maximum absolute atomic E-state index is 13.5. The molecule has 0 spiro atoms. The number of aryl methyl sites for hydroxylation is 1. The number of benzene rings is 2. The normalized spacial score (nSPS) is 16.6. The molecule has 0 aliphatic carbocycles. The Morgan fingerprint density at radius 2 is 2.05 bits per heavy atom. The number of hydrogen-bond donors (Lipinski definition) is 1. The lowest BCUT2D eigenvalue weighted by molar-refractivity contribution is -0.115. The van der Waals surface area contributed by atoms with Crippen molar-refractivity contribution in [1.82, 2.24) is 0 Å². The molecule has 1 atom stereocenters. The second kappa shape index (κ2) is 5.48. The quantitative estimate of drug-likeness (QED) is 0.911. The van der Waals surface area contributed by atoms with Crippen molar-refractivity contribution in [3.05, 3.63) is 59.2 Å². The summed E-state index contributed by atoms with van der Waals surface area (Å²) in [6.45, 7) is 2.00. The molecule has 108 valence electrons. The number of hydrogen-bond acceptors (Lipinski definition) is 2. The Morgan fingerprint density at radius 3 is 2.86 bits per heavy atom. The lowest BCUT2D eigenvalue weighted by atomic mass is 10.1. The molecule has 0 unspecified atom stereocenters. The van der Waals surface area contributed by atoms with Crippen LogP contribution in [-0.4, -0.2) is 11.2 Å². The van der Waals surface area contributed by atoms with Crippen LogP contribution in [0.1, 0.15) is 11.1 Å². The van der Waals surface area contributed by atoms with Crippen LogP contribution in [0.5, 0.6) is 0 Å². The fourth-order valence-corrected chi connectivity index (χ4v) is 3.58. The molecule has 0 bridgehead atoms. The highest BCUT2D eigenvalue weighted by Gasteiger charge is 2.28. The van der Waals surface area contributed by atoms with Gasteiger partial charge in [-0.1, -0.05) is 17.7 Å². The topological polar surface area (TPSA) is 29.1 Å². The molecule has 1 N–H and O–H groups in total. The highest BCUT2D eigenvalue weighted by atomic mass is 32.2. The molecular weight excluding hydrogens is 292 g/mol. The Kier molecular flexibility index (Phi) is 3.68. The summed E-state index contributed by atoms with van der Waals surface area (Å²) in [6, 6.07) is 9.07. The predicted molar refractivity (Wildman–Crippen MR) is 79.5 cm³/mol. The van der Waals surface area contributed by atoms with Gasteiger partial charge in [-0.15, -0.1) is 11.8 Å².